The summed E-state index contributed by atoms with van der Waals surface area (Å²) in [5, 5.41) is 28.4. The molecule has 109 heavy (non-hydrogen) atoms. The SMILES string of the molecule is Brc1ccc(-c2ccc3ccc4cccc5ccc2c3c45)cc1.C.CC1(C)c2cc(-c3ccc(-c4ccc5ccc6cccc7ccc4c5c67)cc3)ccc2-c2nc3c4ccccc4c4ccccc4c3cc21.CC1(C)c2cc(B3OC(C)(C)C(C)(C)O3)ccc2-c2nc3c4ccccc4c4ccccc4c3cc21. The van der Waals surface area contributed by atoms with Gasteiger partial charge in [0.1, 0.15) is 0 Å². The molecule has 3 aliphatic rings. The van der Waals surface area contributed by atoms with E-state index in [0.717, 1.165) is 32.4 Å². The second-order valence-electron chi connectivity index (χ2n) is 32.2. The van der Waals surface area contributed by atoms with E-state index in [4.69, 9.17) is 19.3 Å². The summed E-state index contributed by atoms with van der Waals surface area (Å²) in [6, 6.07) is 111. The first-order valence-electron chi connectivity index (χ1n) is 37.8. The fourth-order valence-corrected chi connectivity index (χ4v) is 18.8. The average molecular weight is 1470 g/mol. The van der Waals surface area contributed by atoms with Crippen LogP contribution in [0.1, 0.15) is 85.1 Å². The first-order chi connectivity index (χ1) is 52.4. The Bertz CT molecular complexity index is 7150. The Morgan fingerprint density at radius 2 is 0.596 bits per heavy atom. The van der Waals surface area contributed by atoms with Crippen LogP contribution in [0.3, 0.4) is 0 Å². The molecule has 6 heteroatoms. The molecule has 0 unspecified atom stereocenters. The minimum absolute atomic E-state index is 0. The van der Waals surface area contributed by atoms with E-state index in [1.807, 2.05) is 0 Å². The van der Waals surface area contributed by atoms with Gasteiger partial charge in [0.25, 0.3) is 0 Å². The molecule has 0 amide bonds. The summed E-state index contributed by atoms with van der Waals surface area (Å²) in [5.41, 5.74) is 19.5. The van der Waals surface area contributed by atoms with Gasteiger partial charge in [-0.2, -0.15) is 0 Å². The number of aromatic nitrogens is 2. The molecule has 522 valence electrons. The van der Waals surface area contributed by atoms with Crippen LogP contribution >= 0.6 is 15.9 Å². The molecule has 0 atom stereocenters. The van der Waals surface area contributed by atoms with Gasteiger partial charge in [-0.1, -0.05) is 324 Å². The van der Waals surface area contributed by atoms with Gasteiger partial charge in [0, 0.05) is 48.0 Å². The number of fused-ring (bicyclic) bond motifs is 18. The van der Waals surface area contributed by atoms with Crippen molar-refractivity contribution >= 4 is 158 Å². The molecular weight excluding hydrogens is 1390 g/mol. The van der Waals surface area contributed by atoms with Crippen LogP contribution in [0.4, 0.5) is 0 Å². The lowest BCUT2D eigenvalue weighted by atomic mass is 9.74. The average Bonchev–Trinajstić information content (AvgIpc) is 1.62. The third kappa shape index (κ3) is 10.1. The van der Waals surface area contributed by atoms with E-state index in [0.29, 0.717) is 0 Å². The smallest absolute Gasteiger partial charge is 0.399 e. The van der Waals surface area contributed by atoms with Gasteiger partial charge < -0.3 is 9.31 Å². The Balaban J connectivity index is 0.000000114. The lowest BCUT2D eigenvalue weighted by Crippen LogP contribution is -2.41. The molecule has 23 rings (SSSR count). The molecular formula is C103H78BBrN2O2. The molecule has 0 spiro atoms. The molecule has 18 aromatic carbocycles. The molecule has 2 aromatic heterocycles. The van der Waals surface area contributed by atoms with E-state index in [1.54, 1.807) is 0 Å². The lowest BCUT2D eigenvalue weighted by Gasteiger charge is -2.32. The summed E-state index contributed by atoms with van der Waals surface area (Å²) in [4.78, 5) is 10.9. The van der Waals surface area contributed by atoms with Gasteiger partial charge >= 0.3 is 7.12 Å². The van der Waals surface area contributed by atoms with Gasteiger partial charge in [0.15, 0.2) is 0 Å². The largest absolute Gasteiger partial charge is 0.494 e. The molecule has 2 aliphatic carbocycles. The molecule has 3 heterocycles. The summed E-state index contributed by atoms with van der Waals surface area (Å²) < 4.78 is 13.9. The first-order valence-corrected chi connectivity index (χ1v) is 38.6. The zero-order valence-corrected chi connectivity index (χ0v) is 63.1. The van der Waals surface area contributed by atoms with Crippen LogP contribution in [0.5, 0.6) is 0 Å². The first kappa shape index (κ1) is 66.8. The summed E-state index contributed by atoms with van der Waals surface area (Å²) in [5.74, 6) is 0. The number of rotatable bonds is 4. The van der Waals surface area contributed by atoms with Crippen molar-refractivity contribution in [2.75, 3.05) is 0 Å². The van der Waals surface area contributed by atoms with E-state index in [9.17, 15) is 0 Å². The number of benzene rings is 18. The zero-order chi connectivity index (χ0) is 72.9. The highest BCUT2D eigenvalue weighted by Gasteiger charge is 2.52. The predicted octanol–water partition coefficient (Wildman–Crippen LogP) is 27.9. The number of hydrogen-bond acceptors (Lipinski definition) is 4. The van der Waals surface area contributed by atoms with Gasteiger partial charge in [-0.3, -0.25) is 0 Å². The van der Waals surface area contributed by atoms with E-state index >= 15 is 0 Å². The number of pyridine rings is 2. The highest BCUT2D eigenvalue weighted by Crippen LogP contribution is 2.54. The summed E-state index contributed by atoms with van der Waals surface area (Å²) in [6.45, 7) is 17.7. The normalized spacial score (nSPS) is 15.0. The van der Waals surface area contributed by atoms with Crippen LogP contribution in [0.25, 0.3) is 185 Å². The zero-order valence-electron chi connectivity index (χ0n) is 61.5. The van der Waals surface area contributed by atoms with Crippen molar-refractivity contribution in [1.82, 2.24) is 9.97 Å². The second kappa shape index (κ2) is 24.4. The Hall–Kier alpha value is -11.6. The maximum Gasteiger partial charge on any atom is 0.494 e. The van der Waals surface area contributed by atoms with Crippen molar-refractivity contribution in [3.8, 4) is 55.9 Å². The van der Waals surface area contributed by atoms with Gasteiger partial charge in [0.2, 0.25) is 0 Å². The summed E-state index contributed by atoms with van der Waals surface area (Å²) >= 11 is 3.52. The Morgan fingerprint density at radius 1 is 0.266 bits per heavy atom. The third-order valence-corrected chi connectivity index (χ3v) is 25.5. The highest BCUT2D eigenvalue weighted by molar-refractivity contribution is 9.10. The summed E-state index contributed by atoms with van der Waals surface area (Å²) in [6.07, 6.45) is 0. The van der Waals surface area contributed by atoms with Gasteiger partial charge in [-0.15, -0.1) is 0 Å². The number of hydrogen-bond donors (Lipinski definition) is 0. The summed E-state index contributed by atoms with van der Waals surface area (Å²) in [7, 11) is -0.375. The van der Waals surface area contributed by atoms with Crippen LogP contribution in [0.15, 0.2) is 308 Å². The lowest BCUT2D eigenvalue weighted by molar-refractivity contribution is 0.00578. The third-order valence-electron chi connectivity index (χ3n) is 25.0. The molecule has 4 nitrogen and oxygen atoms in total. The molecule has 0 saturated carbocycles. The fourth-order valence-electron chi connectivity index (χ4n) is 18.6. The van der Waals surface area contributed by atoms with Gasteiger partial charge in [-0.25, -0.2) is 9.97 Å². The van der Waals surface area contributed by atoms with E-state index < -0.39 is 0 Å². The van der Waals surface area contributed by atoms with E-state index in [-0.39, 0.29) is 36.6 Å². The molecule has 0 N–H and O–H groups in total. The van der Waals surface area contributed by atoms with Crippen LogP contribution in [-0.4, -0.2) is 28.3 Å². The predicted molar refractivity (Wildman–Crippen MR) is 469 cm³/mol. The molecule has 0 radical (unpaired) electrons. The van der Waals surface area contributed by atoms with Crippen LogP contribution in [0, 0.1) is 0 Å². The van der Waals surface area contributed by atoms with Crippen LogP contribution < -0.4 is 5.46 Å². The minimum Gasteiger partial charge on any atom is -0.399 e. The Morgan fingerprint density at radius 3 is 1.04 bits per heavy atom. The van der Waals surface area contributed by atoms with Crippen molar-refractivity contribution in [1.29, 1.82) is 0 Å². The maximum absolute atomic E-state index is 6.38. The molecule has 0 bridgehead atoms. The van der Waals surface area contributed by atoms with E-state index in [2.05, 4.69) is 375 Å². The standard InChI is InChI=1S/C48H31N.C32H30BNO2.C22H13Br.CH4/c1-48(2)42-26-33(22-25-40(42)47-43(48)27-41-37-12-4-3-10-35(37)36-11-5-6-13-39(36)46(41)49-47)28-14-16-29(17-15-28)34-23-20-32-19-18-30-8-7-9-31-21-24-38(34)45(32)44(30)31;1-30(2)26-17-19(33-35-31(3,4)32(5,6)36-33)15-16-24(26)29-27(30)18-25-22-13-8-7-11-20(22)21-12-9-10-14-23(21)28(25)34-29;23-18-10-6-14(7-11-18)19-12-8-17-5-4-15-2-1-3-16-9-13-20(19)22(17)21(15)16;/h3-27H,1-2H3;7-18H,1-6H3;1-13H;1H4. The topological polar surface area (TPSA) is 44.2 Å². The van der Waals surface area contributed by atoms with Crippen molar-refractivity contribution in [2.45, 2.75) is 84.8 Å². The van der Waals surface area contributed by atoms with Crippen molar-refractivity contribution < 1.29 is 9.31 Å². The Kier molecular flexibility index (Phi) is 15.0. The van der Waals surface area contributed by atoms with Crippen molar-refractivity contribution in [3.63, 3.8) is 0 Å². The van der Waals surface area contributed by atoms with Crippen molar-refractivity contribution in [2.24, 2.45) is 0 Å². The van der Waals surface area contributed by atoms with Crippen LogP contribution in [-0.2, 0) is 20.1 Å². The monoisotopic (exact) mass is 1460 g/mol. The maximum atomic E-state index is 6.38. The highest BCUT2D eigenvalue weighted by atomic mass is 79.9. The molecule has 1 fully saturated rings. The quantitative estimate of drug-likeness (QED) is 0.130. The minimum atomic E-state index is -0.375. The Labute approximate surface area is 643 Å². The van der Waals surface area contributed by atoms with Crippen molar-refractivity contribution in [3.05, 3.63) is 330 Å². The molecule has 1 saturated heterocycles. The second-order valence-corrected chi connectivity index (χ2v) is 33.1. The van der Waals surface area contributed by atoms with Gasteiger partial charge in [-0.05, 0) is 216 Å². The van der Waals surface area contributed by atoms with Crippen LogP contribution in [0.2, 0.25) is 0 Å². The molecule has 1 aliphatic heterocycles. The fraction of sp³-hybridized carbons (Fsp3) is 0.126. The van der Waals surface area contributed by atoms with E-state index in [1.165, 1.54) is 185 Å². The number of halogens is 1. The number of nitrogens with zero attached hydrogens (tertiary/aromatic N) is 2. The van der Waals surface area contributed by atoms with Gasteiger partial charge in [0.05, 0.1) is 33.6 Å². The molecule has 20 aromatic rings.